The molecule has 0 bridgehead atoms. The number of H-pyrrole nitrogens is 1. The van der Waals surface area contributed by atoms with Gasteiger partial charge in [0.15, 0.2) is 5.65 Å². The number of nitrogens with one attached hydrogen (secondary N) is 1. The third-order valence-corrected chi connectivity index (χ3v) is 6.34. The highest BCUT2D eigenvalue weighted by atomic mass is 16.2. The summed E-state index contributed by atoms with van der Waals surface area (Å²) in [4.78, 5) is 43.5. The number of amides is 1. The van der Waals surface area contributed by atoms with E-state index in [4.69, 9.17) is 4.98 Å². The number of hydrogen-bond donors (Lipinski definition) is 1. The van der Waals surface area contributed by atoms with Crippen molar-refractivity contribution in [3.63, 3.8) is 0 Å². The summed E-state index contributed by atoms with van der Waals surface area (Å²) in [5, 5.41) is 2.95. The van der Waals surface area contributed by atoms with Gasteiger partial charge in [-0.15, -0.1) is 0 Å². The minimum Gasteiger partial charge on any atom is -0.347 e. The Kier molecular flexibility index (Phi) is 4.16. The summed E-state index contributed by atoms with van der Waals surface area (Å²) in [6.07, 6.45) is 7.06. The molecule has 156 valence electrons. The Morgan fingerprint density at radius 1 is 1.23 bits per heavy atom. The van der Waals surface area contributed by atoms with Crippen LogP contribution in [0.25, 0.3) is 5.65 Å². The van der Waals surface area contributed by atoms with Gasteiger partial charge in [0.05, 0.1) is 5.69 Å². The van der Waals surface area contributed by atoms with Crippen LogP contribution in [0.3, 0.4) is 0 Å². The van der Waals surface area contributed by atoms with Gasteiger partial charge in [-0.2, -0.15) is 0 Å². The van der Waals surface area contributed by atoms with Crippen LogP contribution in [0.4, 0.5) is 5.95 Å². The Balaban J connectivity index is 1.49. The molecule has 4 heterocycles. The fourth-order valence-electron chi connectivity index (χ4n) is 4.85. The number of anilines is 1. The van der Waals surface area contributed by atoms with Gasteiger partial charge in [0.2, 0.25) is 5.95 Å². The van der Waals surface area contributed by atoms with Crippen LogP contribution < -0.4 is 10.5 Å². The monoisotopic (exact) mass is 407 g/mol. The average Bonchev–Trinajstić information content (AvgIpc) is 3.28. The maximum absolute atomic E-state index is 13.3. The third-order valence-electron chi connectivity index (χ3n) is 6.34. The van der Waals surface area contributed by atoms with E-state index in [-0.39, 0.29) is 22.4 Å². The van der Waals surface area contributed by atoms with Crippen LogP contribution in [0.1, 0.15) is 46.6 Å². The Labute approximate surface area is 173 Å². The van der Waals surface area contributed by atoms with Gasteiger partial charge < -0.3 is 9.80 Å². The summed E-state index contributed by atoms with van der Waals surface area (Å²) in [6.45, 7) is 3.05. The molecule has 1 N–H and O–H groups in total. The molecule has 1 saturated heterocycles. The van der Waals surface area contributed by atoms with Crippen molar-refractivity contribution in [3.05, 3.63) is 51.3 Å². The predicted molar refractivity (Wildman–Crippen MR) is 112 cm³/mol. The molecule has 1 amide bonds. The first-order valence-corrected chi connectivity index (χ1v) is 10.3. The molecule has 9 nitrogen and oxygen atoms in total. The fourth-order valence-corrected chi connectivity index (χ4v) is 4.85. The molecule has 0 radical (unpaired) electrons. The molecule has 1 aliphatic carbocycles. The van der Waals surface area contributed by atoms with Gasteiger partial charge in [-0.3, -0.25) is 14.7 Å². The highest BCUT2D eigenvalue weighted by Crippen LogP contribution is 2.44. The number of piperidine rings is 1. The van der Waals surface area contributed by atoms with E-state index in [0.717, 1.165) is 37.1 Å². The van der Waals surface area contributed by atoms with Crippen molar-refractivity contribution in [1.29, 1.82) is 0 Å². The van der Waals surface area contributed by atoms with Gasteiger partial charge in [0.1, 0.15) is 5.56 Å². The second-order valence-corrected chi connectivity index (χ2v) is 8.66. The molecule has 2 aliphatic rings. The first kappa shape index (κ1) is 18.8. The standard InChI is InChI=1S/C21H25N7O2/c1-13-9-16-22-11-15(19(30)28(16)25-13)18(29)27-8-4-6-21(12-27)7-5-14-10-23-20(26(2)3)24-17(14)21/h9-11,25H,4-8,12H2,1-3H3. The number of nitrogens with zero attached hydrogens (tertiary/aromatic N) is 6. The van der Waals surface area contributed by atoms with Gasteiger partial charge in [0, 0.05) is 56.8 Å². The van der Waals surface area contributed by atoms with Crippen molar-refractivity contribution in [2.45, 2.75) is 38.0 Å². The minimum atomic E-state index is -0.359. The number of aromatic nitrogens is 5. The highest BCUT2D eigenvalue weighted by molar-refractivity contribution is 5.94. The molecule has 1 unspecified atom stereocenters. The molecular weight excluding hydrogens is 382 g/mol. The molecule has 3 aromatic heterocycles. The Morgan fingerprint density at radius 2 is 2.07 bits per heavy atom. The molecule has 0 saturated carbocycles. The Morgan fingerprint density at radius 3 is 2.87 bits per heavy atom. The second-order valence-electron chi connectivity index (χ2n) is 8.66. The van der Waals surface area contributed by atoms with E-state index in [9.17, 15) is 9.59 Å². The Bertz CT molecular complexity index is 1210. The van der Waals surface area contributed by atoms with Crippen LogP contribution in [-0.4, -0.2) is 62.6 Å². The van der Waals surface area contributed by atoms with Crippen molar-refractivity contribution >= 4 is 17.5 Å². The van der Waals surface area contributed by atoms with E-state index >= 15 is 0 Å². The van der Waals surface area contributed by atoms with E-state index in [1.807, 2.05) is 32.1 Å². The quantitative estimate of drug-likeness (QED) is 0.688. The van der Waals surface area contributed by atoms with Crippen molar-refractivity contribution in [2.24, 2.45) is 0 Å². The van der Waals surface area contributed by atoms with Crippen LogP contribution in [0, 0.1) is 6.92 Å². The zero-order valence-corrected chi connectivity index (χ0v) is 17.5. The zero-order chi connectivity index (χ0) is 21.0. The molecule has 30 heavy (non-hydrogen) atoms. The van der Waals surface area contributed by atoms with Gasteiger partial charge in [0.25, 0.3) is 11.5 Å². The van der Waals surface area contributed by atoms with Gasteiger partial charge in [-0.25, -0.2) is 19.5 Å². The molecule has 1 fully saturated rings. The molecular formula is C21H25N7O2. The lowest BCUT2D eigenvalue weighted by Crippen LogP contribution is -2.49. The molecule has 1 spiro atoms. The zero-order valence-electron chi connectivity index (χ0n) is 17.5. The van der Waals surface area contributed by atoms with E-state index in [2.05, 4.69) is 15.1 Å². The second kappa shape index (κ2) is 6.65. The summed E-state index contributed by atoms with van der Waals surface area (Å²) in [5.74, 6) is 0.428. The average molecular weight is 407 g/mol. The first-order valence-electron chi connectivity index (χ1n) is 10.3. The molecule has 5 rings (SSSR count). The summed E-state index contributed by atoms with van der Waals surface area (Å²) < 4.78 is 1.34. The number of aromatic amines is 1. The smallest absolute Gasteiger partial charge is 0.285 e. The molecule has 1 atom stereocenters. The largest absolute Gasteiger partial charge is 0.347 e. The molecule has 1 aliphatic heterocycles. The van der Waals surface area contributed by atoms with Crippen molar-refractivity contribution in [2.75, 3.05) is 32.1 Å². The summed E-state index contributed by atoms with van der Waals surface area (Å²) in [7, 11) is 3.86. The van der Waals surface area contributed by atoms with Crippen LogP contribution in [-0.2, 0) is 11.8 Å². The highest BCUT2D eigenvalue weighted by Gasteiger charge is 2.45. The van der Waals surface area contributed by atoms with E-state index in [0.29, 0.717) is 24.7 Å². The lowest BCUT2D eigenvalue weighted by Gasteiger charge is -2.40. The minimum absolute atomic E-state index is 0.0984. The van der Waals surface area contributed by atoms with E-state index < -0.39 is 0 Å². The number of likely N-dealkylation sites (tertiary alicyclic amines) is 1. The number of hydrogen-bond acceptors (Lipinski definition) is 6. The van der Waals surface area contributed by atoms with Crippen LogP contribution >= 0.6 is 0 Å². The summed E-state index contributed by atoms with van der Waals surface area (Å²) in [6, 6.07) is 1.78. The number of fused-ring (bicyclic) bond motifs is 3. The molecule has 0 aromatic carbocycles. The normalized spacial score (nSPS) is 20.7. The molecule has 3 aromatic rings. The van der Waals surface area contributed by atoms with E-state index in [1.165, 1.54) is 16.3 Å². The first-order chi connectivity index (χ1) is 14.4. The maximum atomic E-state index is 13.3. The van der Waals surface area contributed by atoms with E-state index in [1.54, 1.807) is 11.0 Å². The fraction of sp³-hybridized carbons (Fsp3) is 0.476. The van der Waals surface area contributed by atoms with Crippen molar-refractivity contribution in [1.82, 2.24) is 29.5 Å². The topological polar surface area (TPSA) is 99.5 Å². The van der Waals surface area contributed by atoms with Crippen LogP contribution in [0.2, 0.25) is 0 Å². The van der Waals surface area contributed by atoms with Crippen LogP contribution in [0.5, 0.6) is 0 Å². The lowest BCUT2D eigenvalue weighted by molar-refractivity contribution is 0.0631. The Hall–Kier alpha value is -3.23. The van der Waals surface area contributed by atoms with Gasteiger partial charge in [-0.1, -0.05) is 0 Å². The van der Waals surface area contributed by atoms with Crippen molar-refractivity contribution < 1.29 is 4.79 Å². The number of aryl methyl sites for hydroxylation is 2. The lowest BCUT2D eigenvalue weighted by atomic mass is 9.77. The van der Waals surface area contributed by atoms with Crippen molar-refractivity contribution in [3.8, 4) is 0 Å². The summed E-state index contributed by atoms with van der Waals surface area (Å²) >= 11 is 0. The number of rotatable bonds is 2. The number of carbonyl (C=O) groups is 1. The maximum Gasteiger partial charge on any atom is 0.285 e. The van der Waals surface area contributed by atoms with Gasteiger partial charge in [-0.05, 0) is 38.2 Å². The number of carbonyl (C=O) groups excluding carboxylic acids is 1. The van der Waals surface area contributed by atoms with Gasteiger partial charge >= 0.3 is 0 Å². The SMILES string of the molecule is Cc1cc2ncc(C(=O)N3CCCC4(CCc5cnc(N(C)C)nc54)C3)c(=O)n2[nH]1. The van der Waals surface area contributed by atoms with Crippen LogP contribution in [0.15, 0.2) is 23.3 Å². The third kappa shape index (κ3) is 2.79. The molecule has 9 heteroatoms. The predicted octanol–water partition coefficient (Wildman–Crippen LogP) is 1.31. The summed E-state index contributed by atoms with van der Waals surface area (Å²) in [5.41, 5.74) is 3.13.